The van der Waals surface area contributed by atoms with Crippen LogP contribution in [0.3, 0.4) is 0 Å². The fourth-order valence-electron chi connectivity index (χ4n) is 5.89. The van der Waals surface area contributed by atoms with Crippen molar-refractivity contribution in [3.63, 3.8) is 0 Å². The Kier molecular flexibility index (Phi) is 10.4. The maximum absolute atomic E-state index is 13.9. The van der Waals surface area contributed by atoms with Crippen LogP contribution in [-0.4, -0.2) is 46.8 Å². The first-order valence-electron chi connectivity index (χ1n) is 16.8. The quantitative estimate of drug-likeness (QED) is 0.115. The third kappa shape index (κ3) is 9.31. The van der Waals surface area contributed by atoms with E-state index in [0.29, 0.717) is 28.4 Å². The Bertz CT molecular complexity index is 2100. The summed E-state index contributed by atoms with van der Waals surface area (Å²) in [4.78, 5) is 26.1. The van der Waals surface area contributed by atoms with Crippen LogP contribution in [-0.2, 0) is 38.1 Å². The summed E-state index contributed by atoms with van der Waals surface area (Å²) in [6.45, 7) is 9.75. The van der Waals surface area contributed by atoms with Crippen LogP contribution < -0.4 is 10.5 Å². The molecule has 274 valence electrons. The number of halogens is 1. The number of ether oxygens (including phenoxy) is 1. The number of hydrogen-bond donors (Lipinski definition) is 1. The number of aryl methyl sites for hydroxylation is 1. The molecule has 0 spiro atoms. The largest absolute Gasteiger partial charge is 0.485 e. The summed E-state index contributed by atoms with van der Waals surface area (Å²) in [5, 5.41) is 2.72. The van der Waals surface area contributed by atoms with Crippen molar-refractivity contribution < 1.29 is 45.9 Å². The van der Waals surface area contributed by atoms with E-state index in [0.717, 1.165) is 29.1 Å². The lowest BCUT2D eigenvalue weighted by atomic mass is 10.0. The number of rotatable bonds is 11. The Morgan fingerprint density at radius 2 is 1.63 bits per heavy atom. The third-order valence-corrected chi connectivity index (χ3v) is 12.5. The van der Waals surface area contributed by atoms with Crippen LogP contribution in [0.5, 0.6) is 5.75 Å². The highest BCUT2D eigenvalue weighted by Crippen LogP contribution is 2.70. The van der Waals surface area contributed by atoms with Crippen LogP contribution in [0, 0.1) is 0 Å². The van der Waals surface area contributed by atoms with Crippen molar-refractivity contribution in [2.24, 2.45) is 5.73 Å². The molecule has 2 aliphatic rings. The van der Waals surface area contributed by atoms with Crippen molar-refractivity contribution in [3.05, 3.63) is 76.4 Å². The van der Waals surface area contributed by atoms with Gasteiger partial charge in [-0.1, -0.05) is 29.8 Å². The predicted octanol–water partition coefficient (Wildman–Crippen LogP) is 9.35. The number of primary amides is 1. The number of aromatic nitrogens is 1. The van der Waals surface area contributed by atoms with Crippen molar-refractivity contribution in [1.29, 1.82) is 0 Å². The van der Waals surface area contributed by atoms with Gasteiger partial charge in [-0.15, -0.1) is 0 Å². The SMILES string of the molecule is CC(C)(C)OP1(=O)OC[C@@H](CCn2cc(C(=O)COc3cc4ccc(Cl)cc4cc3C(N)=O)c3ccc(C4CC4)cc32)OP(=O)(OC(C)(C)C)O1. The number of nitrogens with zero attached hydrogens (tertiary/aromatic N) is 1. The number of phosphoric acid groups is 2. The van der Waals surface area contributed by atoms with Gasteiger partial charge in [0.05, 0.1) is 29.5 Å². The lowest BCUT2D eigenvalue weighted by Gasteiger charge is -2.28. The van der Waals surface area contributed by atoms with Gasteiger partial charge in [-0.3, -0.25) is 27.7 Å². The second kappa shape index (κ2) is 14.1. The molecule has 0 radical (unpaired) electrons. The van der Waals surface area contributed by atoms with Gasteiger partial charge in [0, 0.05) is 34.2 Å². The second-order valence-corrected chi connectivity index (χ2v) is 18.6. The molecule has 2 unspecified atom stereocenters. The molecule has 4 aromatic rings. The molecule has 0 bridgehead atoms. The molecule has 2 fully saturated rings. The third-order valence-electron chi connectivity index (χ3n) is 8.14. The minimum Gasteiger partial charge on any atom is -0.485 e. The molecule has 51 heavy (non-hydrogen) atoms. The highest BCUT2D eigenvalue weighted by Gasteiger charge is 2.49. The molecule has 15 heteroatoms. The number of carbonyl (C=O) groups excluding carboxylic acids is 2. The number of ketones is 1. The van der Waals surface area contributed by atoms with E-state index < -0.39 is 38.9 Å². The summed E-state index contributed by atoms with van der Waals surface area (Å²) in [6, 6.07) is 14.5. The Morgan fingerprint density at radius 1 is 0.922 bits per heavy atom. The number of fused-ring (bicyclic) bond motifs is 2. The van der Waals surface area contributed by atoms with Crippen molar-refractivity contribution in [2.75, 3.05) is 13.2 Å². The molecule has 1 saturated carbocycles. The van der Waals surface area contributed by atoms with E-state index in [2.05, 4.69) is 6.07 Å². The van der Waals surface area contributed by atoms with Crippen LogP contribution >= 0.6 is 27.2 Å². The van der Waals surface area contributed by atoms with Gasteiger partial charge in [0.15, 0.2) is 6.61 Å². The number of Topliss-reactive ketones (excluding diaryl/α,β-unsaturated/α-hetero) is 1. The van der Waals surface area contributed by atoms with Gasteiger partial charge < -0.3 is 15.0 Å². The van der Waals surface area contributed by atoms with E-state index in [-0.39, 0.29) is 36.7 Å². The summed E-state index contributed by atoms with van der Waals surface area (Å²) in [6.07, 6.45) is 3.32. The van der Waals surface area contributed by atoms with Crippen molar-refractivity contribution in [2.45, 2.75) is 90.6 Å². The number of nitrogens with two attached hydrogens (primary N) is 1. The lowest BCUT2D eigenvalue weighted by Crippen LogP contribution is -2.22. The molecule has 1 aliphatic heterocycles. The summed E-state index contributed by atoms with van der Waals surface area (Å²) >= 11 is 6.14. The van der Waals surface area contributed by atoms with Gasteiger partial charge in [0.25, 0.3) is 5.91 Å². The fraction of sp³-hybridized carbons (Fsp3) is 0.444. The zero-order valence-electron chi connectivity index (χ0n) is 29.5. The molecule has 3 atom stereocenters. The zero-order chi connectivity index (χ0) is 36.9. The van der Waals surface area contributed by atoms with Crippen LogP contribution in [0.4, 0.5) is 0 Å². The molecule has 2 N–H and O–H groups in total. The molecular weight excluding hydrogens is 718 g/mol. The summed E-state index contributed by atoms with van der Waals surface area (Å²) in [5.41, 5.74) is 6.30. The minimum atomic E-state index is -4.43. The monoisotopic (exact) mass is 760 g/mol. The van der Waals surface area contributed by atoms with Gasteiger partial charge in [-0.2, -0.15) is 4.31 Å². The van der Waals surface area contributed by atoms with Crippen LogP contribution in [0.25, 0.3) is 21.7 Å². The smallest absolute Gasteiger partial charge is 0.484 e. The number of phosphoric ester groups is 2. The first kappa shape index (κ1) is 37.7. The lowest BCUT2D eigenvalue weighted by molar-refractivity contribution is 0.0427. The van der Waals surface area contributed by atoms with Gasteiger partial charge in [0.2, 0.25) is 5.78 Å². The van der Waals surface area contributed by atoms with E-state index in [9.17, 15) is 18.7 Å². The van der Waals surface area contributed by atoms with E-state index in [1.807, 2.05) is 16.7 Å². The van der Waals surface area contributed by atoms with E-state index >= 15 is 0 Å². The molecule has 3 aromatic carbocycles. The number of hydrogen-bond acceptors (Lipinski definition) is 10. The molecule has 12 nitrogen and oxygen atoms in total. The van der Waals surface area contributed by atoms with Crippen molar-refractivity contribution in [3.8, 4) is 5.75 Å². The molecule has 1 amide bonds. The summed E-state index contributed by atoms with van der Waals surface area (Å²) in [5.74, 6) is -0.357. The van der Waals surface area contributed by atoms with E-state index in [1.165, 1.54) is 5.56 Å². The fourth-order valence-corrected chi connectivity index (χ4v) is 9.98. The van der Waals surface area contributed by atoms with Crippen LogP contribution in [0.1, 0.15) is 93.0 Å². The number of amides is 1. The van der Waals surface area contributed by atoms with Crippen molar-refractivity contribution >= 4 is 60.6 Å². The molecular formula is C36H43ClN2O10P2. The average Bonchev–Trinajstić information content (AvgIpc) is 3.81. The standard InChI is InChI=1S/C36H43ClN2O10P2/c1-35(2,3)47-50(42)45-20-27(46-51(43,49-50)48-36(4,5)6)13-14-39-19-30(28-12-10-23(17-31(28)39)22-7-8-22)32(40)21-44-33-18-24-9-11-26(37)15-25(24)16-29(33)34(38)41/h9-12,15-19,22,27H,7-8,13-14,20-21H2,1-6H3,(H2,38,41)/t27-,50?,51?/m1/s1. The average molecular weight is 761 g/mol. The van der Waals surface area contributed by atoms with E-state index in [4.69, 9.17) is 44.5 Å². The maximum Gasteiger partial charge on any atom is 0.484 e. The maximum atomic E-state index is 13.9. The summed E-state index contributed by atoms with van der Waals surface area (Å²) in [7, 11) is -8.78. The first-order valence-corrected chi connectivity index (χ1v) is 20.1. The molecule has 6 rings (SSSR count). The van der Waals surface area contributed by atoms with Crippen LogP contribution in [0.2, 0.25) is 5.02 Å². The summed E-state index contributed by atoms with van der Waals surface area (Å²) < 4.78 is 63.5. The highest BCUT2D eigenvalue weighted by atomic mass is 35.5. The Morgan fingerprint density at radius 3 is 2.29 bits per heavy atom. The van der Waals surface area contributed by atoms with Gasteiger partial charge in [0.1, 0.15) is 5.75 Å². The Hall–Kier alpha value is -3.05. The van der Waals surface area contributed by atoms with E-state index in [1.54, 1.807) is 78.1 Å². The second-order valence-electron chi connectivity index (χ2n) is 14.9. The number of benzene rings is 3. The zero-order valence-corrected chi connectivity index (χ0v) is 32.0. The van der Waals surface area contributed by atoms with Gasteiger partial charge >= 0.3 is 15.6 Å². The minimum absolute atomic E-state index is 0.133. The van der Waals surface area contributed by atoms with Crippen LogP contribution in [0.15, 0.2) is 54.7 Å². The van der Waals surface area contributed by atoms with Crippen molar-refractivity contribution in [1.82, 2.24) is 4.57 Å². The van der Waals surface area contributed by atoms with Gasteiger partial charge in [-0.05, 0) is 113 Å². The normalized spacial score (nSPS) is 23.0. The molecule has 1 aromatic heterocycles. The highest BCUT2D eigenvalue weighted by molar-refractivity contribution is 7.62. The molecule has 2 heterocycles. The Balaban J connectivity index is 1.26. The topological polar surface area (TPSA) is 155 Å². The first-order chi connectivity index (χ1) is 23.8. The molecule has 1 saturated heterocycles. The predicted molar refractivity (Wildman–Crippen MR) is 195 cm³/mol. The molecule has 1 aliphatic carbocycles. The number of carbonyl (C=O) groups is 2. The van der Waals surface area contributed by atoms with Gasteiger partial charge in [-0.25, -0.2) is 9.13 Å². The Labute approximate surface area is 302 Å².